The van der Waals surface area contributed by atoms with Gasteiger partial charge in [0.1, 0.15) is 28.3 Å². The number of benzene rings is 4. The van der Waals surface area contributed by atoms with Gasteiger partial charge < -0.3 is 0 Å². The Morgan fingerprint density at radius 3 is 2.24 bits per heavy atom. The van der Waals surface area contributed by atoms with Crippen molar-refractivity contribution < 1.29 is 4.58 Å². The van der Waals surface area contributed by atoms with Crippen LogP contribution in [0.2, 0.25) is 0 Å². The van der Waals surface area contributed by atoms with Crippen LogP contribution in [0.4, 0.5) is 0 Å². The molecule has 0 spiro atoms. The highest BCUT2D eigenvalue weighted by Gasteiger charge is 2.23. The van der Waals surface area contributed by atoms with Gasteiger partial charge in [0.2, 0.25) is 0 Å². The van der Waals surface area contributed by atoms with E-state index in [9.17, 15) is 0 Å². The molecule has 0 N–H and O–H groups in total. The van der Waals surface area contributed by atoms with Gasteiger partial charge in [0.05, 0.1) is 6.72 Å². The van der Waals surface area contributed by atoms with Gasteiger partial charge in [0, 0.05) is 0 Å². The van der Waals surface area contributed by atoms with E-state index >= 15 is 0 Å². The van der Waals surface area contributed by atoms with Crippen molar-refractivity contribution in [3.05, 3.63) is 126 Å². The molecule has 188 valence electrons. The molecule has 0 amide bonds. The first-order chi connectivity index (χ1) is 18.6. The quantitative estimate of drug-likeness (QED) is 0.121. The molecule has 1 aliphatic rings. The number of aryl methyl sites for hydroxylation is 1. The lowest BCUT2D eigenvalue weighted by atomic mass is 9.87. The van der Waals surface area contributed by atoms with Crippen molar-refractivity contribution in [2.24, 2.45) is 5.92 Å². The highest BCUT2D eigenvalue weighted by molar-refractivity contribution is 7.26. The average molecular weight is 512 g/mol. The fourth-order valence-corrected chi connectivity index (χ4v) is 7.02. The first-order valence-electron chi connectivity index (χ1n) is 13.6. The van der Waals surface area contributed by atoms with Gasteiger partial charge in [-0.15, -0.1) is 12.1 Å². The standard InChI is InChI=1S/C36H33NS/c1-5-25(6-2)28-17-18-37(4)33(21-28)30-23-32-34(19-24(30)3)38-35-22-29(26-13-9-7-10-14-26)20-31(36(32)35)27-15-11-8-12-16-27/h7-23,25H,4-6H2,1-3H3. The van der Waals surface area contributed by atoms with Crippen LogP contribution in [0, 0.1) is 18.9 Å². The molecule has 0 radical (unpaired) electrons. The Morgan fingerprint density at radius 2 is 1.55 bits per heavy atom. The minimum Gasteiger partial charge on any atom is -0.255 e. The van der Waals surface area contributed by atoms with E-state index in [2.05, 4.69) is 131 Å². The molecule has 0 unspecified atom stereocenters. The van der Waals surface area contributed by atoms with Gasteiger partial charge in [0.15, 0.2) is 4.70 Å². The number of fused-ring (bicyclic) bond motifs is 3. The minimum absolute atomic E-state index is 0.571. The summed E-state index contributed by atoms with van der Waals surface area (Å²) in [5.74, 6) is 0.571. The fraction of sp³-hybridized carbons (Fsp3) is 0.167. The molecule has 0 bridgehead atoms. The molecule has 0 atom stereocenters. The second kappa shape index (κ2) is 10.1. The fourth-order valence-electron chi connectivity index (χ4n) is 5.76. The number of hydrogen-bond acceptors (Lipinski definition) is 0. The summed E-state index contributed by atoms with van der Waals surface area (Å²) < 4.78 is 4.68. The molecular formula is C36H33NS. The first kappa shape index (κ1) is 24.5. The van der Waals surface area contributed by atoms with Crippen molar-refractivity contribution in [2.45, 2.75) is 33.6 Å². The van der Waals surface area contributed by atoms with Crippen LogP contribution in [0.3, 0.4) is 0 Å². The summed E-state index contributed by atoms with van der Waals surface area (Å²) in [6.07, 6.45) is 9.02. The maximum absolute atomic E-state index is 4.35. The third kappa shape index (κ3) is 4.29. The molecule has 2 heterocycles. The Kier molecular flexibility index (Phi) is 6.51. The average Bonchev–Trinajstić information content (AvgIpc) is 3.31. The molecule has 5 aromatic rings. The van der Waals surface area contributed by atoms with Crippen molar-refractivity contribution in [1.29, 1.82) is 0 Å². The second-order valence-electron chi connectivity index (χ2n) is 10.2. The van der Waals surface area contributed by atoms with E-state index in [1.165, 1.54) is 65.2 Å². The van der Waals surface area contributed by atoms with Crippen LogP contribution < -0.4 is 0 Å². The summed E-state index contributed by atoms with van der Waals surface area (Å²) in [5.41, 5.74) is 8.98. The summed E-state index contributed by atoms with van der Waals surface area (Å²) in [4.78, 5) is 0. The minimum atomic E-state index is 0.571. The van der Waals surface area contributed by atoms with Crippen molar-refractivity contribution >= 4 is 38.2 Å². The van der Waals surface area contributed by atoms with Crippen LogP contribution >= 0.6 is 11.3 Å². The van der Waals surface area contributed by atoms with Crippen molar-refractivity contribution in [3.8, 4) is 22.3 Å². The van der Waals surface area contributed by atoms with Gasteiger partial charge in [0.25, 0.3) is 0 Å². The monoisotopic (exact) mass is 511 g/mol. The number of hydrogen-bond donors (Lipinski definition) is 0. The molecule has 0 saturated carbocycles. The predicted octanol–water partition coefficient (Wildman–Crippen LogP) is 10.2. The molecule has 6 rings (SSSR count). The van der Waals surface area contributed by atoms with Crippen LogP contribution in [0.1, 0.15) is 37.8 Å². The number of nitrogens with zero attached hydrogens (tertiary/aromatic N) is 1. The first-order valence-corrected chi connectivity index (χ1v) is 14.4. The Bertz CT molecular complexity index is 1700. The molecule has 0 saturated heterocycles. The molecule has 2 heteroatoms. The van der Waals surface area contributed by atoms with Gasteiger partial charge >= 0.3 is 0 Å². The maximum Gasteiger partial charge on any atom is 0.159 e. The lowest BCUT2D eigenvalue weighted by Crippen LogP contribution is -2.17. The Hall–Kier alpha value is -3.88. The third-order valence-corrected chi connectivity index (χ3v) is 9.00. The summed E-state index contributed by atoms with van der Waals surface area (Å²) in [6.45, 7) is 11.1. The molecular weight excluding hydrogens is 478 g/mol. The highest BCUT2D eigenvalue weighted by atomic mass is 32.1. The largest absolute Gasteiger partial charge is 0.255 e. The van der Waals surface area contributed by atoms with E-state index in [4.69, 9.17) is 0 Å². The van der Waals surface area contributed by atoms with Crippen LogP contribution in [0.5, 0.6) is 0 Å². The van der Waals surface area contributed by atoms with E-state index in [1.54, 1.807) is 0 Å². The lowest BCUT2D eigenvalue weighted by molar-refractivity contribution is -0.418. The smallest absolute Gasteiger partial charge is 0.159 e. The SMILES string of the molecule is C=[N+]1C=CC(C(CC)CC)=C[C-]1c1cc2c(cc1C)[s+][c-]1cc(-c3ccccc3)cc(-c3ccccc3)c21. The molecule has 0 aliphatic carbocycles. The zero-order valence-corrected chi connectivity index (χ0v) is 23.2. The third-order valence-electron chi connectivity index (χ3n) is 7.90. The van der Waals surface area contributed by atoms with Crippen LogP contribution in [-0.2, 0) is 0 Å². The highest BCUT2D eigenvalue weighted by Crippen LogP contribution is 2.44. The van der Waals surface area contributed by atoms with E-state index in [0.717, 1.165) is 12.8 Å². The Labute approximate surface area is 230 Å². The van der Waals surface area contributed by atoms with Gasteiger partial charge in [-0.3, -0.25) is 4.58 Å². The normalized spacial score (nSPS) is 13.6. The summed E-state index contributed by atoms with van der Waals surface area (Å²) in [5, 5.41) is 2.65. The van der Waals surface area contributed by atoms with Crippen LogP contribution in [-0.4, -0.2) is 11.3 Å². The molecule has 38 heavy (non-hydrogen) atoms. The molecule has 1 nitrogen and oxygen atoms in total. The zero-order valence-electron chi connectivity index (χ0n) is 22.4. The molecule has 1 aliphatic heterocycles. The summed E-state index contributed by atoms with van der Waals surface area (Å²) in [7, 11) is 0. The molecule has 0 fully saturated rings. The number of allylic oxidation sites excluding steroid dienone is 2. The summed E-state index contributed by atoms with van der Waals surface area (Å²) in [6, 6.07) is 32.2. The van der Waals surface area contributed by atoms with E-state index in [-0.39, 0.29) is 0 Å². The maximum atomic E-state index is 4.35. The number of rotatable bonds is 6. The zero-order chi connectivity index (χ0) is 26.2. The van der Waals surface area contributed by atoms with Gasteiger partial charge in [-0.05, 0) is 17.6 Å². The van der Waals surface area contributed by atoms with Gasteiger partial charge in [-0.2, -0.15) is 0 Å². The Morgan fingerprint density at radius 1 is 0.868 bits per heavy atom. The van der Waals surface area contributed by atoms with E-state index in [1.807, 2.05) is 15.9 Å². The second-order valence-corrected chi connectivity index (χ2v) is 11.3. The van der Waals surface area contributed by atoms with Crippen molar-refractivity contribution in [1.82, 2.24) is 0 Å². The van der Waals surface area contributed by atoms with Gasteiger partial charge in [-0.1, -0.05) is 157 Å². The lowest BCUT2D eigenvalue weighted by Gasteiger charge is -2.25. The van der Waals surface area contributed by atoms with Gasteiger partial charge in [-0.25, -0.2) is 0 Å². The molecule has 1 aromatic heterocycles. The predicted molar refractivity (Wildman–Crippen MR) is 166 cm³/mol. The van der Waals surface area contributed by atoms with E-state index in [0.29, 0.717) is 5.92 Å². The Balaban J connectivity index is 1.59. The van der Waals surface area contributed by atoms with Crippen molar-refractivity contribution in [3.63, 3.8) is 0 Å². The van der Waals surface area contributed by atoms with Crippen LogP contribution in [0.15, 0.2) is 109 Å². The van der Waals surface area contributed by atoms with E-state index < -0.39 is 0 Å². The van der Waals surface area contributed by atoms with Crippen molar-refractivity contribution in [2.75, 3.05) is 0 Å². The van der Waals surface area contributed by atoms with Crippen LogP contribution in [0.25, 0.3) is 42.4 Å². The molecule has 4 aromatic carbocycles. The summed E-state index contributed by atoms with van der Waals surface area (Å²) >= 11 is 1.89. The number of thiophene rings is 1. The topological polar surface area (TPSA) is 3.01 Å².